The maximum absolute atomic E-state index is 4.09. The first-order chi connectivity index (χ1) is 6.27. The van der Waals surface area contributed by atoms with Gasteiger partial charge in [0.2, 0.25) is 0 Å². The Hall–Kier alpha value is -0.780. The molecule has 68 valence electrons. The van der Waals surface area contributed by atoms with Gasteiger partial charge in [-0.1, -0.05) is 36.0 Å². The quantitative estimate of drug-likeness (QED) is 0.532. The van der Waals surface area contributed by atoms with Crippen LogP contribution in [0, 0.1) is 23.7 Å². The molecule has 0 spiro atoms. The third-order valence-electron chi connectivity index (χ3n) is 3.84. The van der Waals surface area contributed by atoms with Gasteiger partial charge in [0.1, 0.15) is 0 Å². The van der Waals surface area contributed by atoms with Crippen molar-refractivity contribution in [2.75, 3.05) is 0 Å². The molecule has 0 bridgehead atoms. The van der Waals surface area contributed by atoms with E-state index in [4.69, 9.17) is 0 Å². The first kappa shape index (κ1) is 7.61. The molecule has 0 amide bonds. The summed E-state index contributed by atoms with van der Waals surface area (Å²) in [6.45, 7) is 6.27. The van der Waals surface area contributed by atoms with Crippen LogP contribution in [0.1, 0.15) is 19.8 Å². The summed E-state index contributed by atoms with van der Waals surface area (Å²) >= 11 is 0. The second kappa shape index (κ2) is 2.37. The lowest BCUT2D eigenvalue weighted by molar-refractivity contribution is 0.560. The predicted molar refractivity (Wildman–Crippen MR) is 55.2 cm³/mol. The summed E-state index contributed by atoms with van der Waals surface area (Å²) in [5.74, 6) is 3.59. The Morgan fingerprint density at radius 1 is 1.46 bits per heavy atom. The fourth-order valence-corrected chi connectivity index (χ4v) is 2.90. The van der Waals surface area contributed by atoms with Crippen LogP contribution in [-0.4, -0.2) is 0 Å². The molecule has 0 aromatic heterocycles. The summed E-state index contributed by atoms with van der Waals surface area (Å²) in [7, 11) is 0. The molecule has 0 saturated heterocycles. The Labute approximate surface area is 80.0 Å². The molecule has 0 nitrogen and oxygen atoms in total. The molecular weight excluding hydrogens is 156 g/mol. The van der Waals surface area contributed by atoms with Crippen molar-refractivity contribution >= 4 is 0 Å². The van der Waals surface area contributed by atoms with Gasteiger partial charge in [-0.05, 0) is 37.5 Å². The summed E-state index contributed by atoms with van der Waals surface area (Å²) < 4.78 is 0. The number of rotatable bonds is 1. The summed E-state index contributed by atoms with van der Waals surface area (Å²) in [4.78, 5) is 0. The summed E-state index contributed by atoms with van der Waals surface area (Å²) in [5, 5.41) is 0. The minimum absolute atomic E-state index is 0.670. The Kier molecular flexibility index (Phi) is 1.39. The third-order valence-corrected chi connectivity index (χ3v) is 3.84. The molecule has 0 aliphatic heterocycles. The van der Waals surface area contributed by atoms with Gasteiger partial charge < -0.3 is 0 Å². The summed E-state index contributed by atoms with van der Waals surface area (Å²) in [6.07, 6.45) is 9.77. The monoisotopic (exact) mass is 172 g/mol. The van der Waals surface area contributed by atoms with E-state index < -0.39 is 0 Å². The van der Waals surface area contributed by atoms with E-state index in [1.807, 2.05) is 0 Å². The van der Waals surface area contributed by atoms with Crippen LogP contribution in [0.2, 0.25) is 0 Å². The molecule has 0 N–H and O–H groups in total. The van der Waals surface area contributed by atoms with Crippen molar-refractivity contribution in [2.24, 2.45) is 23.7 Å². The number of hydrogen-bond acceptors (Lipinski definition) is 0. The van der Waals surface area contributed by atoms with Crippen molar-refractivity contribution in [3.05, 3.63) is 36.0 Å². The lowest BCUT2D eigenvalue weighted by Gasteiger charge is -2.12. The Bertz CT molecular complexity index is 319. The second-order valence-corrected chi connectivity index (χ2v) is 4.87. The molecular formula is C13H16. The Balaban J connectivity index is 1.89. The van der Waals surface area contributed by atoms with Crippen LogP contribution in [-0.2, 0) is 0 Å². The average molecular weight is 172 g/mol. The van der Waals surface area contributed by atoms with E-state index in [2.05, 4.69) is 31.7 Å². The van der Waals surface area contributed by atoms with E-state index in [9.17, 15) is 0 Å². The van der Waals surface area contributed by atoms with Crippen LogP contribution in [0.4, 0.5) is 0 Å². The molecule has 3 aliphatic carbocycles. The average Bonchev–Trinajstić information content (AvgIpc) is 2.85. The van der Waals surface area contributed by atoms with Gasteiger partial charge in [0.15, 0.2) is 0 Å². The molecule has 0 aromatic carbocycles. The number of fused-ring (bicyclic) bond motifs is 3. The fourth-order valence-electron chi connectivity index (χ4n) is 2.90. The summed E-state index contributed by atoms with van der Waals surface area (Å²) in [5.41, 5.74) is 3.05. The molecule has 13 heavy (non-hydrogen) atoms. The molecule has 3 aliphatic rings. The van der Waals surface area contributed by atoms with Gasteiger partial charge in [-0.15, -0.1) is 0 Å². The van der Waals surface area contributed by atoms with Crippen LogP contribution < -0.4 is 0 Å². The van der Waals surface area contributed by atoms with Crippen molar-refractivity contribution in [2.45, 2.75) is 19.8 Å². The lowest BCUT2D eigenvalue weighted by atomic mass is 9.92. The third kappa shape index (κ3) is 1.12. The van der Waals surface area contributed by atoms with E-state index in [0.29, 0.717) is 5.92 Å². The van der Waals surface area contributed by atoms with Gasteiger partial charge in [0, 0.05) is 5.92 Å². The van der Waals surface area contributed by atoms with Crippen molar-refractivity contribution in [1.82, 2.24) is 0 Å². The van der Waals surface area contributed by atoms with E-state index in [-0.39, 0.29) is 0 Å². The minimum Gasteiger partial charge on any atom is -0.0995 e. The molecule has 4 atom stereocenters. The Morgan fingerprint density at radius 2 is 2.31 bits per heavy atom. The van der Waals surface area contributed by atoms with Gasteiger partial charge in [-0.25, -0.2) is 0 Å². The fraction of sp³-hybridized carbons (Fsp3) is 0.538. The SMILES string of the molecule is C=C(C)C1C=CC=C2CC2C2CC12. The van der Waals surface area contributed by atoms with E-state index in [0.717, 1.165) is 17.8 Å². The highest BCUT2D eigenvalue weighted by atomic mass is 14.6. The molecule has 0 aromatic rings. The maximum Gasteiger partial charge on any atom is 0.000565 e. The largest absolute Gasteiger partial charge is 0.0995 e. The number of hydrogen-bond donors (Lipinski definition) is 0. The van der Waals surface area contributed by atoms with E-state index >= 15 is 0 Å². The number of allylic oxidation sites excluding steroid dienone is 5. The minimum atomic E-state index is 0.670. The first-order valence-corrected chi connectivity index (χ1v) is 5.30. The highest BCUT2D eigenvalue weighted by Crippen LogP contribution is 2.61. The van der Waals surface area contributed by atoms with Gasteiger partial charge in [0.25, 0.3) is 0 Å². The van der Waals surface area contributed by atoms with Crippen LogP contribution >= 0.6 is 0 Å². The normalized spacial score (nSPS) is 45.2. The smallest absolute Gasteiger partial charge is 0.000565 e. The zero-order valence-electron chi connectivity index (χ0n) is 8.16. The second-order valence-electron chi connectivity index (χ2n) is 4.87. The molecule has 0 heteroatoms. The molecule has 4 unspecified atom stereocenters. The van der Waals surface area contributed by atoms with Gasteiger partial charge >= 0.3 is 0 Å². The molecule has 0 radical (unpaired) electrons. The summed E-state index contributed by atoms with van der Waals surface area (Å²) in [6, 6.07) is 0. The Morgan fingerprint density at radius 3 is 3.08 bits per heavy atom. The van der Waals surface area contributed by atoms with Crippen LogP contribution in [0.5, 0.6) is 0 Å². The highest BCUT2D eigenvalue weighted by Gasteiger charge is 2.52. The van der Waals surface area contributed by atoms with E-state index in [1.54, 1.807) is 5.57 Å². The van der Waals surface area contributed by atoms with Gasteiger partial charge in [-0.3, -0.25) is 0 Å². The van der Waals surface area contributed by atoms with Crippen molar-refractivity contribution < 1.29 is 0 Å². The maximum atomic E-state index is 4.09. The van der Waals surface area contributed by atoms with Crippen LogP contribution in [0.3, 0.4) is 0 Å². The highest BCUT2D eigenvalue weighted by molar-refractivity contribution is 5.35. The van der Waals surface area contributed by atoms with Crippen LogP contribution in [0.15, 0.2) is 36.0 Å². The zero-order chi connectivity index (χ0) is 9.00. The van der Waals surface area contributed by atoms with Gasteiger partial charge in [-0.2, -0.15) is 0 Å². The standard InChI is InChI=1S/C13H16/c1-8(2)10-5-3-4-9-6-11(9)13-7-12(10)13/h3-5,10-13H,1,6-7H2,2H3. The molecule has 2 saturated carbocycles. The topological polar surface area (TPSA) is 0 Å². The van der Waals surface area contributed by atoms with Crippen molar-refractivity contribution in [1.29, 1.82) is 0 Å². The molecule has 3 rings (SSSR count). The van der Waals surface area contributed by atoms with Crippen molar-refractivity contribution in [3.63, 3.8) is 0 Å². The zero-order valence-corrected chi connectivity index (χ0v) is 8.16. The molecule has 2 fully saturated rings. The molecule has 0 heterocycles. The first-order valence-electron chi connectivity index (χ1n) is 5.30. The van der Waals surface area contributed by atoms with Crippen molar-refractivity contribution in [3.8, 4) is 0 Å². The predicted octanol–water partition coefficient (Wildman–Crippen LogP) is 3.33. The van der Waals surface area contributed by atoms with E-state index in [1.165, 1.54) is 18.4 Å². The van der Waals surface area contributed by atoms with Crippen LogP contribution in [0.25, 0.3) is 0 Å². The lowest BCUT2D eigenvalue weighted by Crippen LogP contribution is -2.03. The van der Waals surface area contributed by atoms with Gasteiger partial charge in [0.05, 0.1) is 0 Å².